The number of nitrogens with zero attached hydrogens (tertiary/aromatic N) is 3. The molecule has 0 unspecified atom stereocenters. The van der Waals surface area contributed by atoms with Gasteiger partial charge < -0.3 is 9.47 Å². The van der Waals surface area contributed by atoms with Gasteiger partial charge in [-0.3, -0.25) is 14.8 Å². The zero-order valence-electron chi connectivity index (χ0n) is 15.9. The maximum atomic E-state index is 12.7. The molecule has 1 heterocycles. The molecule has 0 atom stereocenters. The number of aromatic nitrogens is 2. The van der Waals surface area contributed by atoms with Gasteiger partial charge >= 0.3 is 6.61 Å². The first-order valence-electron chi connectivity index (χ1n) is 9.47. The lowest BCUT2D eigenvalue weighted by molar-refractivity contribution is -0.384. The Kier molecular flexibility index (Phi) is 5.60. The second-order valence-corrected chi connectivity index (χ2v) is 7.12. The molecule has 1 aliphatic carbocycles. The number of nitro groups is 1. The van der Waals surface area contributed by atoms with Crippen molar-refractivity contribution in [1.29, 1.82) is 0 Å². The molecule has 7 nitrogen and oxygen atoms in total. The summed E-state index contributed by atoms with van der Waals surface area (Å²) in [6, 6.07) is 12.8. The van der Waals surface area contributed by atoms with Crippen molar-refractivity contribution in [3.05, 3.63) is 70.4 Å². The van der Waals surface area contributed by atoms with E-state index in [0.29, 0.717) is 30.5 Å². The van der Waals surface area contributed by atoms with Crippen molar-refractivity contribution in [1.82, 2.24) is 9.78 Å². The molecule has 0 radical (unpaired) electrons. The van der Waals surface area contributed by atoms with Crippen LogP contribution in [0.4, 0.5) is 14.5 Å². The van der Waals surface area contributed by atoms with E-state index in [1.165, 1.54) is 18.2 Å². The summed E-state index contributed by atoms with van der Waals surface area (Å²) < 4.78 is 37.3. The maximum absolute atomic E-state index is 12.7. The lowest BCUT2D eigenvalue weighted by Crippen LogP contribution is -2.07. The lowest BCUT2D eigenvalue weighted by Gasteiger charge is -2.13. The maximum Gasteiger partial charge on any atom is 0.387 e. The van der Waals surface area contributed by atoms with Crippen LogP contribution in [0.25, 0.3) is 11.3 Å². The summed E-state index contributed by atoms with van der Waals surface area (Å²) in [5.41, 5.74) is 2.27. The van der Waals surface area contributed by atoms with Crippen LogP contribution >= 0.6 is 0 Å². The first-order valence-corrected chi connectivity index (χ1v) is 9.47. The van der Waals surface area contributed by atoms with Gasteiger partial charge in [0, 0.05) is 23.9 Å². The highest BCUT2D eigenvalue weighted by atomic mass is 19.3. The van der Waals surface area contributed by atoms with Gasteiger partial charge in [-0.2, -0.15) is 13.9 Å². The smallest absolute Gasteiger partial charge is 0.387 e. The summed E-state index contributed by atoms with van der Waals surface area (Å²) in [5.74, 6) is 0.785. The fraction of sp³-hybridized carbons (Fsp3) is 0.286. The van der Waals surface area contributed by atoms with Gasteiger partial charge in [0.25, 0.3) is 5.69 Å². The molecule has 4 rings (SSSR count). The second-order valence-electron chi connectivity index (χ2n) is 7.12. The highest BCUT2D eigenvalue weighted by molar-refractivity contribution is 5.60. The van der Waals surface area contributed by atoms with E-state index in [1.54, 1.807) is 41.2 Å². The number of rotatable bonds is 9. The van der Waals surface area contributed by atoms with Crippen LogP contribution in [0.1, 0.15) is 18.4 Å². The van der Waals surface area contributed by atoms with Crippen LogP contribution in [-0.4, -0.2) is 27.9 Å². The molecule has 0 bridgehead atoms. The highest BCUT2D eigenvalue weighted by Crippen LogP contribution is 2.34. The SMILES string of the molecule is O=[N+]([O-])c1ccc(-c2ccn(Cc3ccc(OC(F)F)c(OCC4CC4)c3)n2)cc1. The number of alkyl halides is 2. The average molecular weight is 415 g/mol. The molecule has 1 fully saturated rings. The monoisotopic (exact) mass is 415 g/mol. The summed E-state index contributed by atoms with van der Waals surface area (Å²) in [5, 5.41) is 15.3. The van der Waals surface area contributed by atoms with Crippen molar-refractivity contribution in [2.75, 3.05) is 6.61 Å². The first kappa shape index (κ1) is 19.8. The zero-order valence-corrected chi connectivity index (χ0v) is 15.9. The Morgan fingerprint density at radius 3 is 2.57 bits per heavy atom. The second kappa shape index (κ2) is 8.48. The van der Waals surface area contributed by atoms with Gasteiger partial charge in [0.15, 0.2) is 11.5 Å². The van der Waals surface area contributed by atoms with Crippen molar-refractivity contribution in [2.24, 2.45) is 5.92 Å². The Hall–Kier alpha value is -3.49. The number of nitro benzene ring substituents is 1. The number of hydrogen-bond donors (Lipinski definition) is 0. The summed E-state index contributed by atoms with van der Waals surface area (Å²) in [4.78, 5) is 10.3. The molecule has 2 aromatic carbocycles. The van der Waals surface area contributed by atoms with Crippen LogP contribution in [0.15, 0.2) is 54.7 Å². The van der Waals surface area contributed by atoms with Gasteiger partial charge in [0.1, 0.15) is 0 Å². The lowest BCUT2D eigenvalue weighted by atomic mass is 10.1. The van der Waals surface area contributed by atoms with Gasteiger partial charge in [0.2, 0.25) is 0 Å². The van der Waals surface area contributed by atoms with Gasteiger partial charge in [-0.15, -0.1) is 0 Å². The quantitative estimate of drug-likeness (QED) is 0.367. The van der Waals surface area contributed by atoms with Crippen molar-refractivity contribution in [3.8, 4) is 22.8 Å². The number of non-ortho nitro benzene ring substituents is 1. The van der Waals surface area contributed by atoms with Gasteiger partial charge in [-0.25, -0.2) is 0 Å². The Morgan fingerprint density at radius 1 is 1.13 bits per heavy atom. The van der Waals surface area contributed by atoms with E-state index in [9.17, 15) is 18.9 Å². The van der Waals surface area contributed by atoms with Crippen LogP contribution in [0.5, 0.6) is 11.5 Å². The number of hydrogen-bond acceptors (Lipinski definition) is 5. The van der Waals surface area contributed by atoms with Crippen molar-refractivity contribution >= 4 is 5.69 Å². The topological polar surface area (TPSA) is 79.4 Å². The third kappa shape index (κ3) is 4.91. The van der Waals surface area contributed by atoms with Crippen LogP contribution in [0.3, 0.4) is 0 Å². The summed E-state index contributed by atoms with van der Waals surface area (Å²) in [6.07, 6.45) is 3.96. The minimum Gasteiger partial charge on any atom is -0.489 e. The number of ether oxygens (including phenoxy) is 2. The van der Waals surface area contributed by atoms with Gasteiger partial charge in [-0.1, -0.05) is 6.07 Å². The fourth-order valence-electron chi connectivity index (χ4n) is 2.99. The minimum atomic E-state index is -2.92. The van der Waals surface area contributed by atoms with Crippen LogP contribution in [0.2, 0.25) is 0 Å². The molecular formula is C21H19F2N3O4. The van der Waals surface area contributed by atoms with Crippen LogP contribution in [0, 0.1) is 16.0 Å². The molecule has 0 N–H and O–H groups in total. The highest BCUT2D eigenvalue weighted by Gasteiger charge is 2.23. The van der Waals surface area contributed by atoms with E-state index in [1.807, 2.05) is 0 Å². The third-order valence-electron chi connectivity index (χ3n) is 4.75. The predicted octanol–water partition coefficient (Wildman–Crippen LogP) is 4.90. The molecule has 1 aliphatic rings. The molecule has 1 aromatic heterocycles. The molecule has 9 heteroatoms. The molecule has 3 aromatic rings. The molecule has 30 heavy (non-hydrogen) atoms. The minimum absolute atomic E-state index is 0.0152. The molecule has 0 spiro atoms. The Morgan fingerprint density at radius 2 is 1.90 bits per heavy atom. The summed E-state index contributed by atoms with van der Waals surface area (Å²) >= 11 is 0. The molecule has 0 saturated heterocycles. The Balaban J connectivity index is 1.49. The van der Waals surface area contributed by atoms with Crippen LogP contribution in [-0.2, 0) is 6.54 Å². The summed E-state index contributed by atoms with van der Waals surface area (Å²) in [6.45, 7) is -2.04. The Labute approximate surface area is 171 Å². The largest absolute Gasteiger partial charge is 0.489 e. The van der Waals surface area contributed by atoms with Crippen molar-refractivity contribution < 1.29 is 23.2 Å². The third-order valence-corrected chi connectivity index (χ3v) is 4.75. The van der Waals surface area contributed by atoms with Crippen molar-refractivity contribution in [2.45, 2.75) is 26.0 Å². The number of benzene rings is 2. The molecule has 0 amide bonds. The van der Waals surface area contributed by atoms with Gasteiger partial charge in [-0.05, 0) is 54.7 Å². The first-order chi connectivity index (χ1) is 14.5. The van der Waals surface area contributed by atoms with E-state index in [4.69, 9.17) is 4.74 Å². The van der Waals surface area contributed by atoms with E-state index in [2.05, 4.69) is 9.84 Å². The zero-order chi connectivity index (χ0) is 21.1. The average Bonchev–Trinajstić information content (AvgIpc) is 3.44. The van der Waals surface area contributed by atoms with E-state index >= 15 is 0 Å². The van der Waals surface area contributed by atoms with E-state index in [0.717, 1.165) is 24.0 Å². The van der Waals surface area contributed by atoms with E-state index in [-0.39, 0.29) is 11.4 Å². The molecule has 0 aliphatic heterocycles. The van der Waals surface area contributed by atoms with E-state index < -0.39 is 11.5 Å². The predicted molar refractivity (Wildman–Crippen MR) is 105 cm³/mol. The van der Waals surface area contributed by atoms with Crippen molar-refractivity contribution in [3.63, 3.8) is 0 Å². The van der Waals surface area contributed by atoms with Gasteiger partial charge in [0.05, 0.1) is 23.8 Å². The standard InChI is InChI=1S/C21H19F2N3O4/c22-21(23)30-19-8-3-15(11-20(19)29-13-14-1-2-14)12-25-10-9-18(24-25)16-4-6-17(7-5-16)26(27)28/h3-11,14,21H,1-2,12-13H2. The normalized spacial score (nSPS) is 13.4. The molecule has 156 valence electrons. The summed E-state index contributed by atoms with van der Waals surface area (Å²) in [7, 11) is 0. The van der Waals surface area contributed by atoms with Crippen LogP contribution < -0.4 is 9.47 Å². The molecule has 1 saturated carbocycles. The Bertz CT molecular complexity index is 1030. The fourth-order valence-corrected chi connectivity index (χ4v) is 2.99. The molecular weight excluding hydrogens is 396 g/mol. The number of halogens is 2.